The number of halogens is 1. The lowest BCUT2D eigenvalue weighted by Crippen LogP contribution is -2.46. The summed E-state index contributed by atoms with van der Waals surface area (Å²) in [5, 5.41) is 3.59. The Morgan fingerprint density at radius 1 is 1.24 bits per heavy atom. The molecule has 0 bridgehead atoms. The Kier molecular flexibility index (Phi) is 6.33. The summed E-state index contributed by atoms with van der Waals surface area (Å²) in [5.74, 6) is 1.57. The van der Waals surface area contributed by atoms with E-state index in [1.807, 2.05) is 11.9 Å². The van der Waals surface area contributed by atoms with Crippen LogP contribution in [0.15, 0.2) is 0 Å². The van der Waals surface area contributed by atoms with Crippen molar-refractivity contribution in [2.24, 2.45) is 11.8 Å². The molecule has 0 aromatic rings. The molecule has 122 valence electrons. The van der Waals surface area contributed by atoms with Crippen LogP contribution in [0.25, 0.3) is 0 Å². The molecule has 5 heteroatoms. The molecule has 0 aromatic carbocycles. The highest BCUT2D eigenvalue weighted by atomic mass is 35.5. The summed E-state index contributed by atoms with van der Waals surface area (Å²) < 4.78 is 5.51. The summed E-state index contributed by atoms with van der Waals surface area (Å²) in [6.45, 7) is 2.56. The van der Waals surface area contributed by atoms with Crippen molar-refractivity contribution in [3.8, 4) is 0 Å². The zero-order chi connectivity index (χ0) is 13.9. The Hall–Kier alpha value is -0.320. The van der Waals surface area contributed by atoms with Gasteiger partial charge in [-0.25, -0.2) is 0 Å². The number of amides is 1. The van der Waals surface area contributed by atoms with Crippen molar-refractivity contribution in [3.05, 3.63) is 0 Å². The highest BCUT2D eigenvalue weighted by Gasteiger charge is 2.39. The molecular formula is C16H29ClN2O2. The van der Waals surface area contributed by atoms with Gasteiger partial charge in [-0.3, -0.25) is 4.79 Å². The van der Waals surface area contributed by atoms with Crippen LogP contribution in [-0.2, 0) is 9.53 Å². The van der Waals surface area contributed by atoms with Crippen LogP contribution in [0.4, 0.5) is 0 Å². The first-order valence-corrected chi connectivity index (χ1v) is 8.33. The molecule has 1 saturated carbocycles. The molecule has 0 radical (unpaired) electrons. The zero-order valence-electron chi connectivity index (χ0n) is 13.1. The van der Waals surface area contributed by atoms with Crippen LogP contribution in [0.5, 0.6) is 0 Å². The lowest BCUT2D eigenvalue weighted by molar-refractivity contribution is -0.133. The monoisotopic (exact) mass is 316 g/mol. The molecular weight excluding hydrogens is 288 g/mol. The van der Waals surface area contributed by atoms with Crippen molar-refractivity contribution in [1.29, 1.82) is 0 Å². The van der Waals surface area contributed by atoms with E-state index in [4.69, 9.17) is 4.74 Å². The number of carbonyl (C=O) groups is 1. The van der Waals surface area contributed by atoms with Crippen LogP contribution in [-0.4, -0.2) is 49.7 Å². The van der Waals surface area contributed by atoms with Gasteiger partial charge < -0.3 is 15.0 Å². The molecule has 2 saturated heterocycles. The summed E-state index contributed by atoms with van der Waals surface area (Å²) in [5.41, 5.74) is 0. The fraction of sp³-hybridized carbons (Fsp3) is 0.938. The van der Waals surface area contributed by atoms with Gasteiger partial charge in [0.25, 0.3) is 0 Å². The minimum absolute atomic E-state index is 0. The molecule has 1 aliphatic carbocycles. The molecule has 4 unspecified atom stereocenters. The summed E-state index contributed by atoms with van der Waals surface area (Å²) in [4.78, 5) is 14.5. The van der Waals surface area contributed by atoms with Gasteiger partial charge in [-0.1, -0.05) is 12.8 Å². The first kappa shape index (κ1) is 17.0. The predicted molar refractivity (Wildman–Crippen MR) is 85.7 cm³/mol. The van der Waals surface area contributed by atoms with Crippen molar-refractivity contribution in [3.63, 3.8) is 0 Å². The van der Waals surface area contributed by atoms with Gasteiger partial charge in [-0.2, -0.15) is 0 Å². The van der Waals surface area contributed by atoms with Crippen LogP contribution in [0.2, 0.25) is 0 Å². The molecule has 1 N–H and O–H groups in total. The Balaban J connectivity index is 0.00000161. The molecule has 3 rings (SSSR count). The number of hydrogen-bond acceptors (Lipinski definition) is 3. The van der Waals surface area contributed by atoms with Crippen LogP contribution < -0.4 is 5.32 Å². The highest BCUT2D eigenvalue weighted by Crippen LogP contribution is 2.33. The summed E-state index contributed by atoms with van der Waals surface area (Å²) in [6, 6.07) is 0.668. The van der Waals surface area contributed by atoms with E-state index < -0.39 is 0 Å². The largest absolute Gasteiger partial charge is 0.381 e. The molecule has 2 aliphatic heterocycles. The third-order valence-electron chi connectivity index (χ3n) is 5.32. The number of hydrogen-bond donors (Lipinski definition) is 1. The summed E-state index contributed by atoms with van der Waals surface area (Å²) in [6.07, 6.45) is 8.62. The Morgan fingerprint density at radius 2 is 2.05 bits per heavy atom. The zero-order valence-corrected chi connectivity index (χ0v) is 13.9. The van der Waals surface area contributed by atoms with Gasteiger partial charge in [-0.05, 0) is 43.9 Å². The quantitative estimate of drug-likeness (QED) is 0.868. The minimum atomic E-state index is 0. The van der Waals surface area contributed by atoms with Crippen LogP contribution in [0.1, 0.15) is 44.9 Å². The minimum Gasteiger partial charge on any atom is -0.381 e. The second-order valence-electron chi connectivity index (χ2n) is 6.91. The van der Waals surface area contributed by atoms with Crippen molar-refractivity contribution >= 4 is 18.3 Å². The summed E-state index contributed by atoms with van der Waals surface area (Å²) in [7, 11) is 1.96. The Morgan fingerprint density at radius 3 is 2.76 bits per heavy atom. The number of fused-ring (bicyclic) bond motifs is 1. The van der Waals surface area contributed by atoms with Crippen LogP contribution >= 0.6 is 12.4 Å². The smallest absolute Gasteiger partial charge is 0.239 e. The van der Waals surface area contributed by atoms with E-state index in [0.29, 0.717) is 17.9 Å². The Bertz CT molecular complexity index is 333. The maximum absolute atomic E-state index is 12.6. The van der Waals surface area contributed by atoms with E-state index in [0.717, 1.165) is 38.5 Å². The van der Waals surface area contributed by atoms with Gasteiger partial charge in [0.05, 0.1) is 12.6 Å². The van der Waals surface area contributed by atoms with E-state index in [2.05, 4.69) is 5.32 Å². The molecule has 0 aromatic heterocycles. The number of ether oxygens (including phenoxy) is 1. The Labute approximate surface area is 134 Å². The van der Waals surface area contributed by atoms with E-state index in [1.54, 1.807) is 0 Å². The molecule has 1 amide bonds. The van der Waals surface area contributed by atoms with Gasteiger partial charge in [0.1, 0.15) is 0 Å². The maximum atomic E-state index is 12.6. The number of nitrogens with one attached hydrogen (secondary N) is 1. The van der Waals surface area contributed by atoms with Gasteiger partial charge in [0.2, 0.25) is 5.91 Å². The second-order valence-corrected chi connectivity index (χ2v) is 6.91. The molecule has 3 aliphatic rings. The maximum Gasteiger partial charge on any atom is 0.239 e. The van der Waals surface area contributed by atoms with Crippen molar-refractivity contribution in [2.45, 2.75) is 57.0 Å². The van der Waals surface area contributed by atoms with Gasteiger partial charge >= 0.3 is 0 Å². The van der Waals surface area contributed by atoms with Gasteiger partial charge in [0.15, 0.2) is 0 Å². The highest BCUT2D eigenvalue weighted by molar-refractivity contribution is 5.85. The predicted octanol–water partition coefficient (Wildman–Crippen LogP) is 2.21. The molecule has 21 heavy (non-hydrogen) atoms. The number of nitrogens with zero attached hydrogens (tertiary/aromatic N) is 1. The first-order chi connectivity index (χ1) is 9.74. The van der Waals surface area contributed by atoms with Crippen molar-refractivity contribution in [2.75, 3.05) is 26.8 Å². The molecule has 4 atom stereocenters. The average molecular weight is 317 g/mol. The first-order valence-electron chi connectivity index (χ1n) is 8.33. The fourth-order valence-electron chi connectivity index (χ4n) is 4.21. The third kappa shape index (κ3) is 4.11. The topological polar surface area (TPSA) is 41.6 Å². The molecule has 2 heterocycles. The summed E-state index contributed by atoms with van der Waals surface area (Å²) >= 11 is 0. The second kappa shape index (κ2) is 7.80. The number of carbonyl (C=O) groups excluding carboxylic acids is 1. The van der Waals surface area contributed by atoms with Crippen molar-refractivity contribution in [1.82, 2.24) is 10.2 Å². The lowest BCUT2D eigenvalue weighted by Gasteiger charge is -2.29. The molecule has 0 spiro atoms. The standard InChI is InChI=1S/C16H28N2O2.ClH/c1-18(10-12-5-4-8-20-11-12)16(19)15-9-13-6-2-3-7-14(13)17-15;/h12-15,17H,2-11H2,1H3;1H. The van der Waals surface area contributed by atoms with Crippen LogP contribution in [0.3, 0.4) is 0 Å². The van der Waals surface area contributed by atoms with E-state index in [1.165, 1.54) is 32.1 Å². The number of rotatable bonds is 3. The van der Waals surface area contributed by atoms with Gasteiger partial charge in [0, 0.05) is 26.2 Å². The SMILES string of the molecule is CN(CC1CCCOC1)C(=O)C1CC2CCCCC2N1.Cl. The molecule has 3 fully saturated rings. The number of likely N-dealkylation sites (N-methyl/N-ethyl adjacent to an activating group) is 1. The molecule has 4 nitrogen and oxygen atoms in total. The fourth-order valence-corrected chi connectivity index (χ4v) is 4.21. The van der Waals surface area contributed by atoms with Gasteiger partial charge in [-0.15, -0.1) is 12.4 Å². The normalized spacial score (nSPS) is 35.7. The average Bonchev–Trinajstić information content (AvgIpc) is 2.91. The third-order valence-corrected chi connectivity index (χ3v) is 5.32. The lowest BCUT2D eigenvalue weighted by atomic mass is 9.85. The van der Waals surface area contributed by atoms with E-state index in [-0.39, 0.29) is 18.4 Å². The van der Waals surface area contributed by atoms with E-state index in [9.17, 15) is 4.79 Å². The van der Waals surface area contributed by atoms with Crippen molar-refractivity contribution < 1.29 is 9.53 Å². The van der Waals surface area contributed by atoms with E-state index >= 15 is 0 Å². The van der Waals surface area contributed by atoms with Crippen LogP contribution in [0, 0.1) is 11.8 Å².